The van der Waals surface area contributed by atoms with Crippen molar-refractivity contribution in [3.05, 3.63) is 33.4 Å². The van der Waals surface area contributed by atoms with Crippen LogP contribution < -0.4 is 10.1 Å². The number of hydrogen-bond donors (Lipinski definition) is 1. The quantitative estimate of drug-likeness (QED) is 0.664. The summed E-state index contributed by atoms with van der Waals surface area (Å²) < 4.78 is 5.76. The average molecular weight is 278 g/mol. The van der Waals surface area contributed by atoms with Gasteiger partial charge in [-0.2, -0.15) is 0 Å². The largest absolute Gasteiger partial charge is 0.493 e. The molecular weight excluding hydrogens is 256 g/mol. The highest BCUT2D eigenvalue weighted by molar-refractivity contribution is 5.49. The van der Waals surface area contributed by atoms with E-state index in [9.17, 15) is 10.1 Å². The van der Waals surface area contributed by atoms with Crippen LogP contribution in [0.2, 0.25) is 0 Å². The summed E-state index contributed by atoms with van der Waals surface area (Å²) >= 11 is 0. The van der Waals surface area contributed by atoms with Crippen LogP contribution in [0.1, 0.15) is 30.4 Å². The van der Waals surface area contributed by atoms with Gasteiger partial charge >= 0.3 is 0 Å². The van der Waals surface area contributed by atoms with E-state index in [0.717, 1.165) is 25.1 Å². The minimum absolute atomic E-state index is 0.132. The van der Waals surface area contributed by atoms with E-state index in [1.54, 1.807) is 13.0 Å². The number of nitro benzene ring substituents is 1. The molecule has 1 aliphatic rings. The topological polar surface area (TPSA) is 64.4 Å². The van der Waals surface area contributed by atoms with Crippen LogP contribution >= 0.6 is 0 Å². The Morgan fingerprint density at radius 2 is 2.00 bits per heavy atom. The molecule has 1 aromatic carbocycles. The molecular formula is C15H22N2O3. The zero-order chi connectivity index (χ0) is 14.5. The van der Waals surface area contributed by atoms with Crippen LogP contribution in [0.15, 0.2) is 12.1 Å². The third-order valence-electron chi connectivity index (χ3n) is 3.93. The molecule has 0 amide bonds. The highest BCUT2D eigenvalue weighted by Gasteiger charge is 2.16. The number of rotatable bonds is 5. The van der Waals surface area contributed by atoms with Gasteiger partial charge in [-0.3, -0.25) is 10.1 Å². The monoisotopic (exact) mass is 278 g/mol. The molecule has 1 aliphatic heterocycles. The molecule has 0 aliphatic carbocycles. The molecule has 1 fully saturated rings. The first-order chi connectivity index (χ1) is 9.58. The molecule has 0 aromatic heterocycles. The lowest BCUT2D eigenvalue weighted by molar-refractivity contribution is -0.385. The summed E-state index contributed by atoms with van der Waals surface area (Å²) in [4.78, 5) is 10.6. The Labute approximate surface area is 119 Å². The van der Waals surface area contributed by atoms with Crippen LogP contribution in [0.5, 0.6) is 5.75 Å². The number of hydrogen-bond acceptors (Lipinski definition) is 4. The normalized spacial score (nSPS) is 16.1. The van der Waals surface area contributed by atoms with Crippen molar-refractivity contribution < 1.29 is 9.66 Å². The van der Waals surface area contributed by atoms with Crippen molar-refractivity contribution in [2.45, 2.75) is 33.1 Å². The highest BCUT2D eigenvalue weighted by atomic mass is 16.6. The minimum atomic E-state index is -0.353. The first kappa shape index (κ1) is 14.8. The van der Waals surface area contributed by atoms with Gasteiger partial charge in [-0.25, -0.2) is 0 Å². The zero-order valence-electron chi connectivity index (χ0n) is 12.1. The molecule has 110 valence electrons. The Bertz CT molecular complexity index is 482. The molecule has 20 heavy (non-hydrogen) atoms. The molecule has 0 saturated carbocycles. The highest BCUT2D eigenvalue weighted by Crippen LogP contribution is 2.28. The van der Waals surface area contributed by atoms with Gasteiger partial charge in [-0.15, -0.1) is 0 Å². The lowest BCUT2D eigenvalue weighted by Gasteiger charge is -2.22. The van der Waals surface area contributed by atoms with Crippen molar-refractivity contribution in [1.82, 2.24) is 5.32 Å². The van der Waals surface area contributed by atoms with Crippen molar-refractivity contribution in [3.63, 3.8) is 0 Å². The maximum atomic E-state index is 10.9. The SMILES string of the molecule is Cc1cc(C)c([N+](=O)[O-])cc1OCCC1CCNCC1. The van der Waals surface area contributed by atoms with Crippen LogP contribution in [0, 0.1) is 29.9 Å². The Hall–Kier alpha value is -1.62. The molecule has 0 unspecified atom stereocenters. The second-order valence-electron chi connectivity index (χ2n) is 5.49. The summed E-state index contributed by atoms with van der Waals surface area (Å²) in [6, 6.07) is 3.37. The van der Waals surface area contributed by atoms with E-state index in [1.807, 2.05) is 13.0 Å². The third-order valence-corrected chi connectivity index (χ3v) is 3.93. The lowest BCUT2D eigenvalue weighted by atomic mass is 9.95. The predicted molar refractivity (Wildman–Crippen MR) is 78.3 cm³/mol. The Morgan fingerprint density at radius 1 is 1.30 bits per heavy atom. The third kappa shape index (κ3) is 3.70. The summed E-state index contributed by atoms with van der Waals surface area (Å²) in [5, 5.41) is 14.3. The molecule has 0 radical (unpaired) electrons. The molecule has 0 atom stereocenters. The standard InChI is InChI=1S/C15H22N2O3/c1-11-9-12(2)15(10-14(11)17(18)19)20-8-5-13-3-6-16-7-4-13/h9-10,13,16H,3-8H2,1-2H3. The smallest absolute Gasteiger partial charge is 0.276 e. The van der Waals surface area contributed by atoms with Crippen molar-refractivity contribution >= 4 is 5.69 Å². The van der Waals surface area contributed by atoms with Crippen molar-refractivity contribution in [1.29, 1.82) is 0 Å². The van der Waals surface area contributed by atoms with E-state index in [2.05, 4.69) is 5.32 Å². The molecule has 5 nitrogen and oxygen atoms in total. The fourth-order valence-corrected chi connectivity index (χ4v) is 2.68. The molecule has 0 spiro atoms. The van der Waals surface area contributed by atoms with Gasteiger partial charge in [0.1, 0.15) is 5.75 Å². The van der Waals surface area contributed by atoms with Crippen molar-refractivity contribution in [2.75, 3.05) is 19.7 Å². The molecule has 1 saturated heterocycles. The number of piperidine rings is 1. The van der Waals surface area contributed by atoms with Crippen LogP contribution in [-0.2, 0) is 0 Å². The van der Waals surface area contributed by atoms with E-state index in [-0.39, 0.29) is 10.6 Å². The van der Waals surface area contributed by atoms with Gasteiger partial charge in [0.25, 0.3) is 5.69 Å². The van der Waals surface area contributed by atoms with Crippen molar-refractivity contribution in [2.24, 2.45) is 5.92 Å². The Kier molecular flexibility index (Phi) is 4.95. The lowest BCUT2D eigenvalue weighted by Crippen LogP contribution is -2.28. The molecule has 5 heteroatoms. The first-order valence-electron chi connectivity index (χ1n) is 7.17. The number of nitro groups is 1. The van der Waals surface area contributed by atoms with E-state index in [4.69, 9.17) is 4.74 Å². The zero-order valence-corrected chi connectivity index (χ0v) is 12.1. The van der Waals surface area contributed by atoms with E-state index < -0.39 is 0 Å². The molecule has 1 N–H and O–H groups in total. The number of ether oxygens (including phenoxy) is 1. The number of nitrogens with one attached hydrogen (secondary N) is 1. The minimum Gasteiger partial charge on any atom is -0.493 e. The van der Waals surface area contributed by atoms with Crippen LogP contribution in [0.4, 0.5) is 5.69 Å². The van der Waals surface area contributed by atoms with Crippen LogP contribution in [0.25, 0.3) is 0 Å². The van der Waals surface area contributed by atoms with Gasteiger partial charge in [-0.05, 0) is 63.7 Å². The fourth-order valence-electron chi connectivity index (χ4n) is 2.68. The van der Waals surface area contributed by atoms with E-state index in [0.29, 0.717) is 23.8 Å². The maximum Gasteiger partial charge on any atom is 0.276 e. The molecule has 1 heterocycles. The van der Waals surface area contributed by atoms with Gasteiger partial charge < -0.3 is 10.1 Å². The molecule has 1 aromatic rings. The van der Waals surface area contributed by atoms with Gasteiger partial charge in [0.15, 0.2) is 0 Å². The second kappa shape index (κ2) is 6.70. The molecule has 2 rings (SSSR count). The van der Waals surface area contributed by atoms with Crippen LogP contribution in [-0.4, -0.2) is 24.6 Å². The first-order valence-corrected chi connectivity index (χ1v) is 7.17. The number of nitrogens with zero attached hydrogens (tertiary/aromatic N) is 1. The summed E-state index contributed by atoms with van der Waals surface area (Å²) in [5.41, 5.74) is 1.77. The summed E-state index contributed by atoms with van der Waals surface area (Å²) in [6.07, 6.45) is 3.40. The van der Waals surface area contributed by atoms with Gasteiger partial charge in [0.05, 0.1) is 17.6 Å². The Morgan fingerprint density at radius 3 is 2.65 bits per heavy atom. The summed E-state index contributed by atoms with van der Waals surface area (Å²) in [6.45, 7) is 6.48. The van der Waals surface area contributed by atoms with E-state index >= 15 is 0 Å². The molecule has 0 bridgehead atoms. The van der Waals surface area contributed by atoms with Crippen molar-refractivity contribution in [3.8, 4) is 5.75 Å². The van der Waals surface area contributed by atoms with Crippen LogP contribution in [0.3, 0.4) is 0 Å². The van der Waals surface area contributed by atoms with Gasteiger partial charge in [0.2, 0.25) is 0 Å². The summed E-state index contributed by atoms with van der Waals surface area (Å²) in [7, 11) is 0. The van der Waals surface area contributed by atoms with Gasteiger partial charge in [0, 0.05) is 5.56 Å². The predicted octanol–water partition coefficient (Wildman–Crippen LogP) is 2.98. The van der Waals surface area contributed by atoms with E-state index in [1.165, 1.54) is 12.8 Å². The van der Waals surface area contributed by atoms with Gasteiger partial charge in [-0.1, -0.05) is 0 Å². The fraction of sp³-hybridized carbons (Fsp3) is 0.600. The number of aryl methyl sites for hydroxylation is 2. The Balaban J connectivity index is 1.94. The summed E-state index contributed by atoms with van der Waals surface area (Å²) in [5.74, 6) is 1.34. The number of benzene rings is 1. The average Bonchev–Trinajstić information content (AvgIpc) is 2.42. The maximum absolute atomic E-state index is 10.9. The second-order valence-corrected chi connectivity index (χ2v) is 5.49.